The fraction of sp³-hybridized carbons (Fsp3) is 0.350. The Balaban J connectivity index is 1.52. The average Bonchev–Trinajstić information content (AvgIpc) is 3.18. The van der Waals surface area contributed by atoms with Crippen molar-refractivity contribution in [2.24, 2.45) is 4.99 Å². The Morgan fingerprint density at radius 2 is 1.96 bits per heavy atom. The second-order valence-corrected chi connectivity index (χ2v) is 5.81. The Labute approximate surface area is 148 Å². The molecule has 1 aliphatic rings. The number of nitrogens with zero attached hydrogens (tertiary/aromatic N) is 1. The van der Waals surface area contributed by atoms with Crippen molar-refractivity contribution in [1.29, 1.82) is 0 Å². The van der Waals surface area contributed by atoms with Crippen molar-refractivity contribution in [3.63, 3.8) is 0 Å². The highest BCUT2D eigenvalue weighted by Crippen LogP contribution is 2.22. The summed E-state index contributed by atoms with van der Waals surface area (Å²) in [4.78, 5) is 4.22. The highest BCUT2D eigenvalue weighted by Gasteiger charge is 2.12. The normalized spacial score (nSPS) is 14.4. The molecule has 0 aromatic heterocycles. The lowest BCUT2D eigenvalue weighted by molar-refractivity contribution is 0.194. The van der Waals surface area contributed by atoms with Gasteiger partial charge in [-0.1, -0.05) is 43.3 Å². The summed E-state index contributed by atoms with van der Waals surface area (Å²) < 4.78 is 17.3. The van der Waals surface area contributed by atoms with Gasteiger partial charge in [0.15, 0.2) is 0 Å². The van der Waals surface area contributed by atoms with E-state index in [1.807, 2.05) is 54.6 Å². The van der Waals surface area contributed by atoms with E-state index >= 15 is 0 Å². The monoisotopic (exact) mass is 340 g/mol. The molecule has 2 aromatic rings. The Kier molecular flexibility index (Phi) is 6.15. The van der Waals surface area contributed by atoms with Gasteiger partial charge in [-0.3, -0.25) is 0 Å². The number of amidine groups is 1. The van der Waals surface area contributed by atoms with Crippen molar-refractivity contribution in [2.75, 3.05) is 19.7 Å². The van der Waals surface area contributed by atoms with E-state index in [0.717, 1.165) is 30.0 Å². The summed E-state index contributed by atoms with van der Waals surface area (Å²) in [5, 5.41) is 3.19. The van der Waals surface area contributed by atoms with Gasteiger partial charge >= 0.3 is 0 Å². The summed E-state index contributed by atoms with van der Waals surface area (Å²) in [6.07, 6.45) is 0.923. The van der Waals surface area contributed by atoms with Crippen molar-refractivity contribution < 1.29 is 14.2 Å². The van der Waals surface area contributed by atoms with E-state index in [4.69, 9.17) is 14.2 Å². The molecule has 1 N–H and O–H groups in total. The van der Waals surface area contributed by atoms with E-state index in [1.54, 1.807) is 0 Å². The van der Waals surface area contributed by atoms with Crippen molar-refractivity contribution in [2.45, 2.75) is 26.1 Å². The van der Waals surface area contributed by atoms with Crippen LogP contribution in [0, 0.1) is 0 Å². The molecular weight excluding hydrogens is 316 g/mol. The van der Waals surface area contributed by atoms with Crippen molar-refractivity contribution in [3.8, 4) is 11.5 Å². The van der Waals surface area contributed by atoms with Crippen LogP contribution in [0.3, 0.4) is 0 Å². The highest BCUT2D eigenvalue weighted by molar-refractivity contribution is 5.74. The predicted molar refractivity (Wildman–Crippen MR) is 98.2 cm³/mol. The number of hydrogen-bond acceptors (Lipinski definition) is 5. The predicted octanol–water partition coefficient (Wildman–Crippen LogP) is 3.40. The molecule has 3 rings (SSSR count). The molecule has 25 heavy (non-hydrogen) atoms. The summed E-state index contributed by atoms with van der Waals surface area (Å²) in [6, 6.07) is 18.5. The van der Waals surface area contributed by atoms with Crippen LogP contribution in [0.1, 0.15) is 18.9 Å². The first kappa shape index (κ1) is 17.1. The number of ether oxygens (including phenoxy) is 3. The van der Waals surface area contributed by atoms with Crippen LogP contribution in [0.15, 0.2) is 59.6 Å². The number of nitrogens with one attached hydrogen (secondary N) is 1. The van der Waals surface area contributed by atoms with Gasteiger partial charge in [-0.25, -0.2) is 4.99 Å². The van der Waals surface area contributed by atoms with E-state index in [2.05, 4.69) is 17.2 Å². The third-order valence-corrected chi connectivity index (χ3v) is 3.88. The molecule has 0 bridgehead atoms. The van der Waals surface area contributed by atoms with Gasteiger partial charge in [0.25, 0.3) is 6.02 Å². The minimum atomic E-state index is 0.0382. The third-order valence-electron chi connectivity index (χ3n) is 3.88. The van der Waals surface area contributed by atoms with Crippen LogP contribution in [0.5, 0.6) is 11.5 Å². The zero-order valence-electron chi connectivity index (χ0n) is 14.5. The zero-order chi connectivity index (χ0) is 17.3. The van der Waals surface area contributed by atoms with Gasteiger partial charge in [-0.05, 0) is 24.1 Å². The number of benzene rings is 2. The lowest BCUT2D eigenvalue weighted by Gasteiger charge is -2.19. The number of rotatable bonds is 8. The summed E-state index contributed by atoms with van der Waals surface area (Å²) in [7, 11) is 0. The molecule has 132 valence electrons. The maximum atomic E-state index is 6.06. The molecule has 0 spiro atoms. The van der Waals surface area contributed by atoms with Crippen LogP contribution in [-0.2, 0) is 11.3 Å². The zero-order valence-corrected chi connectivity index (χ0v) is 14.5. The Bertz CT molecular complexity index is 688. The summed E-state index contributed by atoms with van der Waals surface area (Å²) in [5.74, 6) is 1.60. The molecule has 2 aromatic carbocycles. The molecule has 1 aliphatic heterocycles. The van der Waals surface area contributed by atoms with Crippen molar-refractivity contribution >= 4 is 6.02 Å². The lowest BCUT2D eigenvalue weighted by Crippen LogP contribution is -2.35. The largest absolute Gasteiger partial charge is 0.489 e. The summed E-state index contributed by atoms with van der Waals surface area (Å²) in [5.41, 5.74) is 1.14. The van der Waals surface area contributed by atoms with Crippen LogP contribution in [0.2, 0.25) is 0 Å². The number of hydrogen-bond donors (Lipinski definition) is 1. The summed E-state index contributed by atoms with van der Waals surface area (Å²) >= 11 is 0. The molecule has 5 heteroatoms. The van der Waals surface area contributed by atoms with Gasteiger partial charge in [-0.15, -0.1) is 0 Å². The van der Waals surface area contributed by atoms with E-state index in [9.17, 15) is 0 Å². The molecule has 0 saturated heterocycles. The second-order valence-electron chi connectivity index (χ2n) is 5.81. The number of aliphatic imine (C=N–C) groups is 1. The maximum Gasteiger partial charge on any atom is 0.284 e. The average molecular weight is 340 g/mol. The molecular formula is C20H24N2O3. The van der Waals surface area contributed by atoms with Gasteiger partial charge in [0.05, 0.1) is 13.1 Å². The fourth-order valence-corrected chi connectivity index (χ4v) is 2.48. The van der Waals surface area contributed by atoms with Crippen LogP contribution in [0.25, 0.3) is 0 Å². The molecule has 0 unspecified atom stereocenters. The molecule has 0 radical (unpaired) electrons. The Morgan fingerprint density at radius 3 is 2.72 bits per heavy atom. The SMILES string of the molecule is CC[C@@H](CNC1=NCCO1)Oc1cccc(OCc2ccccc2)c1. The quantitative estimate of drug-likeness (QED) is 0.800. The highest BCUT2D eigenvalue weighted by atomic mass is 16.5. The van der Waals surface area contributed by atoms with E-state index < -0.39 is 0 Å². The van der Waals surface area contributed by atoms with Crippen molar-refractivity contribution in [3.05, 3.63) is 60.2 Å². The Hall–Kier alpha value is -2.69. The van der Waals surface area contributed by atoms with E-state index in [-0.39, 0.29) is 6.10 Å². The minimum absolute atomic E-state index is 0.0382. The molecule has 0 amide bonds. The van der Waals surface area contributed by atoms with E-state index in [1.165, 1.54) is 0 Å². The van der Waals surface area contributed by atoms with Gasteiger partial charge < -0.3 is 19.5 Å². The smallest absolute Gasteiger partial charge is 0.284 e. The van der Waals surface area contributed by atoms with Crippen molar-refractivity contribution in [1.82, 2.24) is 5.32 Å². The first-order chi connectivity index (χ1) is 12.3. The molecule has 0 fully saturated rings. The molecule has 0 aliphatic carbocycles. The minimum Gasteiger partial charge on any atom is -0.489 e. The van der Waals surface area contributed by atoms with Gasteiger partial charge in [0, 0.05) is 6.07 Å². The van der Waals surface area contributed by atoms with Crippen LogP contribution < -0.4 is 14.8 Å². The fourth-order valence-electron chi connectivity index (χ4n) is 2.48. The molecule has 5 nitrogen and oxygen atoms in total. The van der Waals surface area contributed by atoms with E-state index in [0.29, 0.717) is 25.8 Å². The van der Waals surface area contributed by atoms with Gasteiger partial charge in [-0.2, -0.15) is 0 Å². The maximum absolute atomic E-state index is 6.06. The summed E-state index contributed by atoms with van der Waals surface area (Å²) in [6.45, 7) is 4.67. The van der Waals surface area contributed by atoms with Gasteiger partial charge in [0.1, 0.15) is 30.8 Å². The Morgan fingerprint density at radius 1 is 1.12 bits per heavy atom. The topological polar surface area (TPSA) is 52.1 Å². The molecule has 1 atom stereocenters. The first-order valence-electron chi connectivity index (χ1n) is 8.68. The molecule has 1 heterocycles. The van der Waals surface area contributed by atoms with Crippen LogP contribution in [0.4, 0.5) is 0 Å². The van der Waals surface area contributed by atoms with Crippen LogP contribution in [-0.4, -0.2) is 31.8 Å². The molecule has 0 saturated carbocycles. The van der Waals surface area contributed by atoms with Crippen LogP contribution >= 0.6 is 0 Å². The lowest BCUT2D eigenvalue weighted by atomic mass is 10.2. The standard InChI is InChI=1S/C20H24N2O3/c1-2-17(14-22-20-21-11-12-23-20)25-19-10-6-9-18(13-19)24-15-16-7-4-3-5-8-16/h3-10,13,17H,2,11-12,14-15H2,1H3,(H,21,22)/t17-/m0/s1. The van der Waals surface area contributed by atoms with Gasteiger partial charge in [0.2, 0.25) is 0 Å². The third kappa shape index (κ3) is 5.41. The first-order valence-corrected chi connectivity index (χ1v) is 8.68. The second kappa shape index (κ2) is 8.97.